The van der Waals surface area contributed by atoms with Crippen LogP contribution in [0, 0.1) is 0 Å². The molecule has 0 radical (unpaired) electrons. The van der Waals surface area contributed by atoms with Crippen molar-refractivity contribution in [3.8, 4) is 0 Å². The van der Waals surface area contributed by atoms with Crippen molar-refractivity contribution in [2.45, 2.75) is 19.5 Å². The second-order valence-electron chi connectivity index (χ2n) is 6.99. The molecule has 31 heavy (non-hydrogen) atoms. The van der Waals surface area contributed by atoms with E-state index in [9.17, 15) is 0 Å². The molecule has 4 rings (SSSR count). The summed E-state index contributed by atoms with van der Waals surface area (Å²) in [5, 5.41) is 5.74. The van der Waals surface area contributed by atoms with Crippen LogP contribution in [-0.2, 0) is 20.4 Å². The maximum Gasteiger partial charge on any atom is 0 e. The third-order valence-corrected chi connectivity index (χ3v) is 8.41. The van der Waals surface area contributed by atoms with Gasteiger partial charge in [0, 0.05) is 20.4 Å². The summed E-state index contributed by atoms with van der Waals surface area (Å²) in [4.78, 5) is 0. The van der Waals surface area contributed by atoms with Gasteiger partial charge in [-0.15, -0.1) is 0 Å². The summed E-state index contributed by atoms with van der Waals surface area (Å²) in [5.41, 5.74) is 0.680. The van der Waals surface area contributed by atoms with Gasteiger partial charge in [-0.05, 0) is 34.8 Å². The SMILES string of the molecule is CC(C)P(c1ccccc1)c1ccccc1.[Cl-].[Pd].c1ccc(Pc2ccccc2)cc1. The Hall–Kier alpha value is -1.31. The van der Waals surface area contributed by atoms with Crippen LogP contribution in [0.15, 0.2) is 121 Å². The molecule has 0 unspecified atom stereocenters. The molecule has 0 spiro atoms. The summed E-state index contributed by atoms with van der Waals surface area (Å²) in [7, 11) is 0.567. The van der Waals surface area contributed by atoms with Gasteiger partial charge in [-0.25, -0.2) is 0 Å². The Balaban J connectivity index is 0.000000296. The zero-order valence-electron chi connectivity index (χ0n) is 17.8. The Labute approximate surface area is 210 Å². The summed E-state index contributed by atoms with van der Waals surface area (Å²) < 4.78 is 0. The molecule has 0 amide bonds. The molecule has 0 N–H and O–H groups in total. The van der Waals surface area contributed by atoms with Crippen LogP contribution in [-0.4, -0.2) is 5.66 Å². The minimum absolute atomic E-state index is 0. The van der Waals surface area contributed by atoms with Gasteiger partial charge in [0.1, 0.15) is 0 Å². The van der Waals surface area contributed by atoms with Gasteiger partial charge in [0.2, 0.25) is 0 Å². The first kappa shape index (κ1) is 27.7. The minimum Gasteiger partial charge on any atom is -1.00 e. The Morgan fingerprint density at radius 1 is 0.516 bits per heavy atom. The first-order valence-electron chi connectivity index (χ1n) is 10.0. The molecule has 0 heterocycles. The van der Waals surface area contributed by atoms with Crippen LogP contribution in [0.2, 0.25) is 0 Å². The van der Waals surface area contributed by atoms with Crippen molar-refractivity contribution in [1.82, 2.24) is 0 Å². The van der Waals surface area contributed by atoms with Gasteiger partial charge in [0.05, 0.1) is 0 Å². The maximum atomic E-state index is 2.31. The molecule has 0 aliphatic rings. The van der Waals surface area contributed by atoms with Crippen molar-refractivity contribution in [3.05, 3.63) is 121 Å². The normalized spacial score (nSPS) is 9.81. The number of hydrogen-bond acceptors (Lipinski definition) is 0. The van der Waals surface area contributed by atoms with Gasteiger partial charge in [-0.3, -0.25) is 0 Å². The molecular formula is C27H28ClP2Pd-. The molecule has 0 aliphatic carbocycles. The molecule has 4 aromatic rings. The standard InChI is InChI=1S/C15H17P.C12H11P.ClH.Pd/c1-13(2)16(14-9-5-3-6-10-14)15-11-7-4-8-12-15;1-3-7-11(8-4-1)13-12-9-5-2-6-10-12;;/h3-13H,1-2H3;1-10,13H;1H;/p-1. The first-order valence-corrected chi connectivity index (χ1v) is 12.4. The van der Waals surface area contributed by atoms with Gasteiger partial charge in [-0.1, -0.05) is 144 Å². The van der Waals surface area contributed by atoms with E-state index in [1.54, 1.807) is 0 Å². The van der Waals surface area contributed by atoms with Crippen LogP contribution in [0.3, 0.4) is 0 Å². The van der Waals surface area contributed by atoms with Crippen LogP contribution in [0.25, 0.3) is 0 Å². The van der Waals surface area contributed by atoms with E-state index in [0.29, 0.717) is 5.66 Å². The Morgan fingerprint density at radius 3 is 1.10 bits per heavy atom. The van der Waals surface area contributed by atoms with Gasteiger partial charge in [-0.2, -0.15) is 0 Å². The maximum absolute atomic E-state index is 2.31. The summed E-state index contributed by atoms with van der Waals surface area (Å²) in [5.74, 6) is 0. The molecular weight excluding hydrogens is 528 g/mol. The summed E-state index contributed by atoms with van der Waals surface area (Å²) >= 11 is 0. The molecule has 0 saturated carbocycles. The predicted octanol–water partition coefficient (Wildman–Crippen LogP) is 2.85. The molecule has 4 heteroatoms. The predicted molar refractivity (Wildman–Crippen MR) is 135 cm³/mol. The van der Waals surface area contributed by atoms with Gasteiger partial charge in [0.15, 0.2) is 0 Å². The minimum atomic E-state index is -0.210. The van der Waals surface area contributed by atoms with Gasteiger partial charge >= 0.3 is 0 Å². The largest absolute Gasteiger partial charge is 1.00 e. The van der Waals surface area contributed by atoms with Crippen molar-refractivity contribution >= 4 is 37.7 Å². The van der Waals surface area contributed by atoms with Crippen molar-refractivity contribution in [1.29, 1.82) is 0 Å². The zero-order chi connectivity index (χ0) is 20.3. The molecule has 0 aromatic heterocycles. The molecule has 0 atom stereocenters. The quantitative estimate of drug-likeness (QED) is 0.262. The van der Waals surface area contributed by atoms with Crippen molar-refractivity contribution in [2.24, 2.45) is 0 Å². The summed E-state index contributed by atoms with van der Waals surface area (Å²) in [6.45, 7) is 4.62. The van der Waals surface area contributed by atoms with Crippen molar-refractivity contribution in [3.63, 3.8) is 0 Å². The second kappa shape index (κ2) is 15.5. The van der Waals surface area contributed by atoms with E-state index in [1.165, 1.54) is 21.2 Å². The van der Waals surface area contributed by atoms with E-state index in [4.69, 9.17) is 0 Å². The first-order chi connectivity index (χ1) is 14.2. The van der Waals surface area contributed by atoms with Crippen LogP contribution in [0.4, 0.5) is 0 Å². The number of benzene rings is 4. The van der Waals surface area contributed by atoms with Gasteiger partial charge in [0.25, 0.3) is 0 Å². The van der Waals surface area contributed by atoms with Crippen molar-refractivity contribution < 1.29 is 32.8 Å². The second-order valence-corrected chi connectivity index (χ2v) is 11.2. The van der Waals surface area contributed by atoms with E-state index in [1.807, 2.05) is 0 Å². The smallest absolute Gasteiger partial charge is 0 e. The molecule has 0 fully saturated rings. The Bertz CT molecular complexity index is 872. The van der Waals surface area contributed by atoms with E-state index < -0.39 is 0 Å². The zero-order valence-corrected chi connectivity index (χ0v) is 22.0. The monoisotopic (exact) mass is 555 g/mol. The average molecular weight is 556 g/mol. The molecule has 0 bridgehead atoms. The Morgan fingerprint density at radius 2 is 0.806 bits per heavy atom. The summed E-state index contributed by atoms with van der Waals surface area (Å²) in [6.07, 6.45) is 0. The molecule has 164 valence electrons. The average Bonchev–Trinajstić information content (AvgIpc) is 2.77. The third kappa shape index (κ3) is 9.38. The molecule has 4 aromatic carbocycles. The number of rotatable bonds is 5. The fourth-order valence-electron chi connectivity index (χ4n) is 3.13. The van der Waals surface area contributed by atoms with Crippen molar-refractivity contribution in [2.75, 3.05) is 0 Å². The van der Waals surface area contributed by atoms with Crippen LogP contribution in [0.1, 0.15) is 13.8 Å². The third-order valence-electron chi connectivity index (χ3n) is 4.42. The fraction of sp³-hybridized carbons (Fsp3) is 0.111. The van der Waals surface area contributed by atoms with E-state index in [0.717, 1.165) is 8.58 Å². The summed E-state index contributed by atoms with van der Waals surface area (Å²) in [6, 6.07) is 42.9. The van der Waals surface area contributed by atoms with Gasteiger partial charge < -0.3 is 12.4 Å². The topological polar surface area (TPSA) is 0 Å². The van der Waals surface area contributed by atoms with E-state index >= 15 is 0 Å². The Kier molecular flexibility index (Phi) is 13.9. The van der Waals surface area contributed by atoms with Crippen LogP contribution >= 0.6 is 16.5 Å². The molecule has 0 aliphatic heterocycles. The molecule has 0 saturated heterocycles. The van der Waals surface area contributed by atoms with Crippen LogP contribution < -0.4 is 33.6 Å². The number of hydrogen-bond donors (Lipinski definition) is 0. The van der Waals surface area contributed by atoms with E-state index in [-0.39, 0.29) is 40.8 Å². The number of halogens is 1. The fourth-order valence-corrected chi connectivity index (χ4v) is 6.66. The van der Waals surface area contributed by atoms with Crippen LogP contribution in [0.5, 0.6) is 0 Å². The van der Waals surface area contributed by atoms with E-state index in [2.05, 4.69) is 135 Å². The molecule has 0 nitrogen and oxygen atoms in total.